The number of nitrogen functional groups attached to an aromatic ring is 2. The van der Waals surface area contributed by atoms with Gasteiger partial charge in [0, 0.05) is 11.8 Å². The number of hydrazine groups is 1. The summed E-state index contributed by atoms with van der Waals surface area (Å²) in [5, 5.41) is 2.96. The van der Waals surface area contributed by atoms with Crippen molar-refractivity contribution in [3.8, 4) is 0 Å². The van der Waals surface area contributed by atoms with Crippen LogP contribution in [0.25, 0.3) is 0 Å². The molecule has 0 bridgehead atoms. The predicted octanol–water partition coefficient (Wildman–Crippen LogP) is 1.54. The van der Waals surface area contributed by atoms with Crippen LogP contribution in [0.15, 0.2) is 24.3 Å². The lowest BCUT2D eigenvalue weighted by atomic mass is 10.2. The smallest absolute Gasteiger partial charge is 0.223 e. The normalized spacial score (nSPS) is 10.2. The molecule has 0 aliphatic rings. The SMILES string of the molecule is Cc1ccc(F)cc1Nc1cc(NN)nc(N)n1. The largest absolute Gasteiger partial charge is 0.368 e. The molecular weight excluding hydrogens is 235 g/mol. The van der Waals surface area contributed by atoms with Gasteiger partial charge in [0.15, 0.2) is 0 Å². The summed E-state index contributed by atoms with van der Waals surface area (Å²) in [6.07, 6.45) is 0. The molecule has 0 aliphatic carbocycles. The zero-order valence-corrected chi connectivity index (χ0v) is 9.74. The van der Waals surface area contributed by atoms with E-state index >= 15 is 0 Å². The van der Waals surface area contributed by atoms with Crippen molar-refractivity contribution >= 4 is 23.3 Å². The van der Waals surface area contributed by atoms with Gasteiger partial charge in [-0.05, 0) is 24.6 Å². The second kappa shape index (κ2) is 4.84. The van der Waals surface area contributed by atoms with Crippen LogP contribution in [-0.4, -0.2) is 9.97 Å². The molecule has 0 aliphatic heterocycles. The van der Waals surface area contributed by atoms with Gasteiger partial charge in [-0.15, -0.1) is 0 Å². The molecule has 2 rings (SSSR count). The lowest BCUT2D eigenvalue weighted by molar-refractivity contribution is 0.628. The minimum Gasteiger partial charge on any atom is -0.368 e. The average Bonchev–Trinajstić information content (AvgIpc) is 2.33. The standard InChI is InChI=1S/C11H13FN6/c1-6-2-3-7(12)4-8(6)15-9-5-10(18-14)17-11(13)16-9/h2-5H,14H2,1H3,(H4,13,15,16,17,18). The third-order valence-electron chi connectivity index (χ3n) is 2.35. The van der Waals surface area contributed by atoms with Crippen LogP contribution < -0.4 is 22.3 Å². The highest BCUT2D eigenvalue weighted by Crippen LogP contribution is 2.21. The monoisotopic (exact) mass is 248 g/mol. The number of nitrogens with zero attached hydrogens (tertiary/aromatic N) is 2. The average molecular weight is 248 g/mol. The van der Waals surface area contributed by atoms with E-state index in [2.05, 4.69) is 20.7 Å². The second-order valence-electron chi connectivity index (χ2n) is 3.73. The third-order valence-corrected chi connectivity index (χ3v) is 2.35. The first-order valence-corrected chi connectivity index (χ1v) is 5.23. The maximum absolute atomic E-state index is 13.1. The maximum Gasteiger partial charge on any atom is 0.223 e. The fourth-order valence-electron chi connectivity index (χ4n) is 1.47. The molecule has 1 aromatic heterocycles. The summed E-state index contributed by atoms with van der Waals surface area (Å²) in [6.45, 7) is 1.86. The maximum atomic E-state index is 13.1. The van der Waals surface area contributed by atoms with Crippen LogP contribution in [0.2, 0.25) is 0 Å². The number of aryl methyl sites for hydroxylation is 1. The summed E-state index contributed by atoms with van der Waals surface area (Å²) < 4.78 is 13.1. The Balaban J connectivity index is 2.33. The first-order chi connectivity index (χ1) is 8.58. The summed E-state index contributed by atoms with van der Waals surface area (Å²) in [6, 6.07) is 6.01. The molecule has 0 unspecified atom stereocenters. The number of hydrogen-bond donors (Lipinski definition) is 4. The van der Waals surface area contributed by atoms with Crippen LogP contribution >= 0.6 is 0 Å². The molecule has 1 heterocycles. The topological polar surface area (TPSA) is 102 Å². The molecule has 0 radical (unpaired) electrons. The van der Waals surface area contributed by atoms with E-state index in [1.807, 2.05) is 6.92 Å². The van der Waals surface area contributed by atoms with Gasteiger partial charge in [0.2, 0.25) is 5.95 Å². The Hall–Kier alpha value is -2.41. The molecule has 0 saturated carbocycles. The quantitative estimate of drug-likeness (QED) is 0.485. The predicted molar refractivity (Wildman–Crippen MR) is 68.7 cm³/mol. The van der Waals surface area contributed by atoms with Gasteiger partial charge in [0.1, 0.15) is 17.5 Å². The Morgan fingerprint density at radius 3 is 2.61 bits per heavy atom. The van der Waals surface area contributed by atoms with Crippen LogP contribution in [0, 0.1) is 12.7 Å². The highest BCUT2D eigenvalue weighted by molar-refractivity contribution is 5.63. The lowest BCUT2D eigenvalue weighted by Gasteiger charge is -2.10. The highest BCUT2D eigenvalue weighted by Gasteiger charge is 2.05. The fraction of sp³-hybridized carbons (Fsp3) is 0.0909. The number of halogens is 1. The van der Waals surface area contributed by atoms with Gasteiger partial charge in [0.25, 0.3) is 0 Å². The van der Waals surface area contributed by atoms with E-state index < -0.39 is 0 Å². The molecule has 0 amide bonds. The summed E-state index contributed by atoms with van der Waals surface area (Å²) in [5.41, 5.74) is 9.39. The van der Waals surface area contributed by atoms with E-state index in [0.717, 1.165) is 5.56 Å². The van der Waals surface area contributed by atoms with Crippen molar-refractivity contribution < 1.29 is 4.39 Å². The molecule has 2 aromatic rings. The van der Waals surface area contributed by atoms with Crippen molar-refractivity contribution in [2.24, 2.45) is 5.84 Å². The molecule has 0 atom stereocenters. The number of nitrogens with one attached hydrogen (secondary N) is 2. The van der Waals surface area contributed by atoms with Crippen LogP contribution in [0.4, 0.5) is 27.7 Å². The minimum absolute atomic E-state index is 0.0713. The summed E-state index contributed by atoms with van der Waals surface area (Å²) in [7, 11) is 0. The van der Waals surface area contributed by atoms with E-state index in [-0.39, 0.29) is 11.8 Å². The first kappa shape index (κ1) is 12.1. The Morgan fingerprint density at radius 2 is 1.89 bits per heavy atom. The number of benzene rings is 1. The lowest BCUT2D eigenvalue weighted by Crippen LogP contribution is -2.11. The number of rotatable bonds is 3. The number of anilines is 4. The first-order valence-electron chi connectivity index (χ1n) is 5.23. The van der Waals surface area contributed by atoms with E-state index in [1.54, 1.807) is 12.1 Å². The summed E-state index contributed by atoms with van der Waals surface area (Å²) in [4.78, 5) is 7.84. The number of hydrogen-bond acceptors (Lipinski definition) is 6. The van der Waals surface area contributed by atoms with Crippen LogP contribution in [-0.2, 0) is 0 Å². The minimum atomic E-state index is -0.331. The molecule has 6 N–H and O–H groups in total. The molecule has 94 valence electrons. The van der Waals surface area contributed by atoms with E-state index in [0.29, 0.717) is 17.3 Å². The second-order valence-corrected chi connectivity index (χ2v) is 3.73. The van der Waals surface area contributed by atoms with Gasteiger partial charge in [0.05, 0.1) is 0 Å². The zero-order valence-electron chi connectivity index (χ0n) is 9.74. The molecule has 0 spiro atoms. The molecule has 7 heteroatoms. The molecule has 1 aromatic carbocycles. The Labute approximate surface area is 103 Å². The fourth-order valence-corrected chi connectivity index (χ4v) is 1.47. The summed E-state index contributed by atoms with van der Waals surface area (Å²) >= 11 is 0. The Bertz CT molecular complexity index is 571. The molecule has 0 saturated heterocycles. The van der Waals surface area contributed by atoms with Gasteiger partial charge in [-0.2, -0.15) is 9.97 Å². The van der Waals surface area contributed by atoms with Crippen LogP contribution in [0.3, 0.4) is 0 Å². The van der Waals surface area contributed by atoms with Crippen LogP contribution in [0.1, 0.15) is 5.56 Å². The van der Waals surface area contributed by atoms with Crippen molar-refractivity contribution in [2.45, 2.75) is 6.92 Å². The van der Waals surface area contributed by atoms with Crippen molar-refractivity contribution in [1.29, 1.82) is 0 Å². The Morgan fingerprint density at radius 1 is 1.17 bits per heavy atom. The van der Waals surface area contributed by atoms with E-state index in [1.165, 1.54) is 12.1 Å². The molecule has 18 heavy (non-hydrogen) atoms. The number of aromatic nitrogens is 2. The van der Waals surface area contributed by atoms with E-state index in [4.69, 9.17) is 11.6 Å². The van der Waals surface area contributed by atoms with Gasteiger partial charge in [-0.25, -0.2) is 10.2 Å². The molecule has 0 fully saturated rings. The van der Waals surface area contributed by atoms with Gasteiger partial charge in [-0.3, -0.25) is 0 Å². The van der Waals surface area contributed by atoms with Crippen LogP contribution in [0.5, 0.6) is 0 Å². The summed E-state index contributed by atoms with van der Waals surface area (Å²) in [5.74, 6) is 5.80. The van der Waals surface area contributed by atoms with Gasteiger partial charge in [-0.1, -0.05) is 6.07 Å². The third kappa shape index (κ3) is 2.64. The highest BCUT2D eigenvalue weighted by atomic mass is 19.1. The van der Waals surface area contributed by atoms with Crippen molar-refractivity contribution in [1.82, 2.24) is 9.97 Å². The Kier molecular flexibility index (Phi) is 3.24. The number of nitrogens with two attached hydrogens (primary N) is 2. The van der Waals surface area contributed by atoms with Crippen molar-refractivity contribution in [3.63, 3.8) is 0 Å². The van der Waals surface area contributed by atoms with Gasteiger partial charge < -0.3 is 16.5 Å². The zero-order chi connectivity index (χ0) is 13.1. The van der Waals surface area contributed by atoms with E-state index in [9.17, 15) is 4.39 Å². The molecular formula is C11H13FN6. The van der Waals surface area contributed by atoms with Crippen molar-refractivity contribution in [2.75, 3.05) is 16.5 Å². The van der Waals surface area contributed by atoms with Gasteiger partial charge >= 0.3 is 0 Å². The van der Waals surface area contributed by atoms with Crippen molar-refractivity contribution in [3.05, 3.63) is 35.6 Å². The molecule has 6 nitrogen and oxygen atoms in total.